The molecule has 2 atom stereocenters. The first-order chi connectivity index (χ1) is 11.3. The minimum atomic E-state index is -1.08. The molecule has 3 N–H and O–H groups in total. The van der Waals surface area contributed by atoms with E-state index in [2.05, 4.69) is 23.1 Å². The van der Waals surface area contributed by atoms with Gasteiger partial charge in [-0.3, -0.25) is 20.4 Å². The lowest BCUT2D eigenvalue weighted by Crippen LogP contribution is -2.57. The summed E-state index contributed by atoms with van der Waals surface area (Å²) in [5.74, 6) is -0.770. The van der Waals surface area contributed by atoms with E-state index in [0.29, 0.717) is 6.42 Å². The molecule has 2 unspecified atom stereocenters. The van der Waals surface area contributed by atoms with Crippen LogP contribution in [-0.2, 0) is 14.3 Å². The number of carbonyl (C=O) groups excluding carboxylic acids is 2. The van der Waals surface area contributed by atoms with Crippen molar-refractivity contribution in [2.75, 3.05) is 0 Å². The van der Waals surface area contributed by atoms with Crippen LogP contribution in [0.5, 0.6) is 0 Å². The van der Waals surface area contributed by atoms with E-state index in [9.17, 15) is 9.59 Å². The molecule has 6 nitrogen and oxygen atoms in total. The minimum absolute atomic E-state index is 0.0501. The number of hydrogen-bond acceptors (Lipinski definition) is 4. The predicted octanol–water partition coefficient (Wildman–Crippen LogP) is 2.12. The molecule has 0 spiro atoms. The maximum atomic E-state index is 12.6. The monoisotopic (exact) mass is 353 g/mol. The first-order valence-corrected chi connectivity index (χ1v) is 8.65. The molecular formula is C17H27N3O3S. The third-order valence-corrected chi connectivity index (χ3v) is 3.78. The van der Waals surface area contributed by atoms with Gasteiger partial charge in [-0.1, -0.05) is 45.4 Å². The zero-order chi connectivity index (χ0) is 18.2. The molecule has 0 heterocycles. The fourth-order valence-electron chi connectivity index (χ4n) is 2.24. The van der Waals surface area contributed by atoms with Crippen LogP contribution in [-0.4, -0.2) is 28.6 Å². The number of nitrogens with one attached hydrogen (secondary N) is 3. The highest BCUT2D eigenvalue weighted by atomic mass is 32.1. The summed E-state index contributed by atoms with van der Waals surface area (Å²) in [6.07, 6.45) is 9.52. The van der Waals surface area contributed by atoms with Crippen molar-refractivity contribution in [1.29, 1.82) is 0 Å². The third kappa shape index (κ3) is 6.05. The Hall–Kier alpha value is -1.73. The van der Waals surface area contributed by atoms with Gasteiger partial charge >= 0.3 is 0 Å². The fourth-order valence-corrected chi connectivity index (χ4v) is 2.39. The number of hydrogen-bond donors (Lipinski definition) is 3. The summed E-state index contributed by atoms with van der Waals surface area (Å²) in [6.45, 7) is 7.54. The lowest BCUT2D eigenvalue weighted by atomic mass is 9.93. The number of carbonyl (C=O) groups is 2. The average Bonchev–Trinajstić information content (AvgIpc) is 2.53. The molecule has 2 amide bonds. The summed E-state index contributed by atoms with van der Waals surface area (Å²) in [7, 11) is 0. The maximum Gasteiger partial charge on any atom is 0.274 e. The largest absolute Gasteiger partial charge is 0.358 e. The first kappa shape index (κ1) is 20.3. The molecule has 0 bridgehead atoms. The normalized spacial score (nSPS) is 20.5. The molecule has 134 valence electrons. The van der Waals surface area contributed by atoms with Crippen molar-refractivity contribution in [3.8, 4) is 0 Å². The number of rotatable bonds is 6. The second-order valence-electron chi connectivity index (χ2n) is 6.15. The Morgan fingerprint density at radius 2 is 1.96 bits per heavy atom. The number of hydrazine groups is 1. The maximum absolute atomic E-state index is 12.6. The highest BCUT2D eigenvalue weighted by molar-refractivity contribution is 7.80. The van der Waals surface area contributed by atoms with E-state index >= 15 is 0 Å². The number of allylic oxidation sites excluding steroid dienone is 2. The summed E-state index contributed by atoms with van der Waals surface area (Å²) in [6, 6.07) is 0. The number of ether oxygens (including phenoxy) is 1. The van der Waals surface area contributed by atoms with Gasteiger partial charge in [0.1, 0.15) is 0 Å². The van der Waals surface area contributed by atoms with Crippen molar-refractivity contribution in [2.45, 2.75) is 58.7 Å². The highest BCUT2D eigenvalue weighted by Gasteiger charge is 2.38. The van der Waals surface area contributed by atoms with Crippen LogP contribution in [0.15, 0.2) is 24.3 Å². The molecule has 7 heteroatoms. The van der Waals surface area contributed by atoms with E-state index in [1.54, 1.807) is 26.0 Å². The predicted molar refractivity (Wildman–Crippen MR) is 97.9 cm³/mol. The standard InChI is InChI=1S/C17H27N3O3S/c1-5-9-13(4)23-17(10-7-6-8-11-17)15(22)19-20-16(24)18-14(21)12(2)3/h6-8,10,12-13H,5,9,11H2,1-4H3,(H,19,22)(H2,18,20,21,24). The van der Waals surface area contributed by atoms with E-state index in [1.165, 1.54) is 0 Å². The SMILES string of the molecule is CCCC(C)OC1(C(=O)NNC(=S)NC(=O)C(C)C)C=CC=CC1. The van der Waals surface area contributed by atoms with E-state index in [-0.39, 0.29) is 28.9 Å². The molecule has 24 heavy (non-hydrogen) atoms. The fraction of sp³-hybridized carbons (Fsp3) is 0.588. The molecule has 0 aromatic heterocycles. The molecular weight excluding hydrogens is 326 g/mol. The second kappa shape index (κ2) is 9.54. The molecule has 0 saturated heterocycles. The van der Waals surface area contributed by atoms with Crippen LogP contribution in [0.25, 0.3) is 0 Å². The Kier molecular flexibility index (Phi) is 8.07. The average molecular weight is 353 g/mol. The third-order valence-electron chi connectivity index (χ3n) is 3.58. The van der Waals surface area contributed by atoms with Crippen molar-refractivity contribution >= 4 is 29.1 Å². The van der Waals surface area contributed by atoms with Crippen molar-refractivity contribution < 1.29 is 14.3 Å². The van der Waals surface area contributed by atoms with Gasteiger partial charge in [-0.05, 0) is 31.6 Å². The minimum Gasteiger partial charge on any atom is -0.358 e. The van der Waals surface area contributed by atoms with Crippen molar-refractivity contribution in [1.82, 2.24) is 16.2 Å². The summed E-state index contributed by atoms with van der Waals surface area (Å²) in [5.41, 5.74) is 4.01. The quantitative estimate of drug-likeness (QED) is 0.503. The van der Waals surface area contributed by atoms with Crippen molar-refractivity contribution in [3.05, 3.63) is 24.3 Å². The van der Waals surface area contributed by atoms with E-state index in [0.717, 1.165) is 12.8 Å². The van der Waals surface area contributed by atoms with Crippen LogP contribution in [0.2, 0.25) is 0 Å². The smallest absolute Gasteiger partial charge is 0.274 e. The Morgan fingerprint density at radius 3 is 2.50 bits per heavy atom. The topological polar surface area (TPSA) is 79.5 Å². The summed E-state index contributed by atoms with van der Waals surface area (Å²) < 4.78 is 6.01. The Bertz CT molecular complexity index is 531. The van der Waals surface area contributed by atoms with Gasteiger partial charge in [0.25, 0.3) is 5.91 Å². The van der Waals surface area contributed by atoms with Gasteiger partial charge in [-0.25, -0.2) is 0 Å². The van der Waals surface area contributed by atoms with E-state index < -0.39 is 5.60 Å². The zero-order valence-corrected chi connectivity index (χ0v) is 15.5. The van der Waals surface area contributed by atoms with Crippen LogP contribution in [0, 0.1) is 5.92 Å². The van der Waals surface area contributed by atoms with Gasteiger partial charge in [-0.15, -0.1) is 0 Å². The highest BCUT2D eigenvalue weighted by Crippen LogP contribution is 2.25. The van der Waals surface area contributed by atoms with Gasteiger partial charge in [0.15, 0.2) is 10.7 Å². The van der Waals surface area contributed by atoms with Crippen LogP contribution in [0.1, 0.15) is 47.0 Å². The van der Waals surface area contributed by atoms with Crippen LogP contribution in [0.3, 0.4) is 0 Å². The molecule has 0 saturated carbocycles. The molecule has 1 aliphatic carbocycles. The zero-order valence-electron chi connectivity index (χ0n) is 14.7. The van der Waals surface area contributed by atoms with Gasteiger partial charge < -0.3 is 10.1 Å². The lowest BCUT2D eigenvalue weighted by molar-refractivity contribution is -0.147. The van der Waals surface area contributed by atoms with Crippen LogP contribution in [0.4, 0.5) is 0 Å². The Balaban J connectivity index is 2.66. The number of amides is 2. The van der Waals surface area contributed by atoms with E-state index in [4.69, 9.17) is 17.0 Å². The molecule has 0 fully saturated rings. The Morgan fingerprint density at radius 1 is 1.25 bits per heavy atom. The second-order valence-corrected chi connectivity index (χ2v) is 6.56. The van der Waals surface area contributed by atoms with Crippen LogP contribution < -0.4 is 16.2 Å². The number of thiocarbonyl (C=S) groups is 1. The molecule has 0 aromatic carbocycles. The van der Waals surface area contributed by atoms with E-state index in [1.807, 2.05) is 19.1 Å². The first-order valence-electron chi connectivity index (χ1n) is 8.24. The molecule has 1 aliphatic rings. The van der Waals surface area contributed by atoms with Gasteiger partial charge in [0, 0.05) is 12.3 Å². The summed E-state index contributed by atoms with van der Waals surface area (Å²) in [4.78, 5) is 24.2. The summed E-state index contributed by atoms with van der Waals surface area (Å²) >= 11 is 5.00. The summed E-state index contributed by atoms with van der Waals surface area (Å²) in [5, 5.41) is 2.56. The van der Waals surface area contributed by atoms with Crippen molar-refractivity contribution in [3.63, 3.8) is 0 Å². The molecule has 1 rings (SSSR count). The Labute approximate surface area is 149 Å². The van der Waals surface area contributed by atoms with Crippen LogP contribution >= 0.6 is 12.2 Å². The van der Waals surface area contributed by atoms with Gasteiger partial charge in [0.2, 0.25) is 5.91 Å². The van der Waals surface area contributed by atoms with Gasteiger partial charge in [-0.2, -0.15) is 0 Å². The van der Waals surface area contributed by atoms with Crippen molar-refractivity contribution in [2.24, 2.45) is 5.92 Å². The molecule has 0 aromatic rings. The molecule has 0 aliphatic heterocycles. The lowest BCUT2D eigenvalue weighted by Gasteiger charge is -2.33. The van der Waals surface area contributed by atoms with Gasteiger partial charge in [0.05, 0.1) is 6.10 Å². The molecule has 0 radical (unpaired) electrons.